The molecule has 1 amide bonds. The minimum Gasteiger partial charge on any atom is -0.399 e. The number of benzene rings is 2. The van der Waals surface area contributed by atoms with Crippen molar-refractivity contribution >= 4 is 28.3 Å². The molecule has 39 heavy (non-hydrogen) atoms. The highest BCUT2D eigenvalue weighted by atomic mass is 19.4. The first-order chi connectivity index (χ1) is 18.5. The molecule has 1 aliphatic rings. The van der Waals surface area contributed by atoms with E-state index in [0.29, 0.717) is 36.3 Å². The summed E-state index contributed by atoms with van der Waals surface area (Å²) in [6.07, 6.45) is -1.05. The Morgan fingerprint density at radius 1 is 1.15 bits per heavy atom. The molecule has 210 valence electrons. The Morgan fingerprint density at radius 3 is 2.54 bits per heavy atom. The highest BCUT2D eigenvalue weighted by Gasteiger charge is 2.32. The number of nitrogen functional groups attached to an aromatic ring is 1. The van der Waals surface area contributed by atoms with E-state index >= 15 is 0 Å². The summed E-state index contributed by atoms with van der Waals surface area (Å²) in [6.45, 7) is 4.67. The van der Waals surface area contributed by atoms with Crippen molar-refractivity contribution in [2.75, 3.05) is 38.4 Å². The van der Waals surface area contributed by atoms with Crippen molar-refractivity contribution in [2.45, 2.75) is 57.7 Å². The Kier molecular flexibility index (Phi) is 8.64. The number of ether oxygens (including phenoxy) is 1. The molecule has 2 aromatic carbocycles. The number of halogens is 3. The fourth-order valence-corrected chi connectivity index (χ4v) is 5.33. The number of rotatable bonds is 8. The summed E-state index contributed by atoms with van der Waals surface area (Å²) in [5.41, 5.74) is 7.38. The summed E-state index contributed by atoms with van der Waals surface area (Å²) in [7, 11) is 3.45. The van der Waals surface area contributed by atoms with E-state index in [1.807, 2.05) is 13.1 Å². The van der Waals surface area contributed by atoms with Gasteiger partial charge in [-0.25, -0.2) is 9.97 Å². The zero-order valence-corrected chi connectivity index (χ0v) is 22.8. The third-order valence-corrected chi connectivity index (χ3v) is 7.54. The Labute approximate surface area is 226 Å². The van der Waals surface area contributed by atoms with Crippen LogP contribution in [0.5, 0.6) is 0 Å². The van der Waals surface area contributed by atoms with Gasteiger partial charge in [-0.3, -0.25) is 4.79 Å². The Bertz CT molecular complexity index is 1320. The minimum atomic E-state index is -4.49. The van der Waals surface area contributed by atoms with Gasteiger partial charge in [0.05, 0.1) is 23.7 Å². The second kappa shape index (κ2) is 11.8. The summed E-state index contributed by atoms with van der Waals surface area (Å²) >= 11 is 0. The maximum Gasteiger partial charge on any atom is 0.416 e. The van der Waals surface area contributed by atoms with Crippen LogP contribution in [0.3, 0.4) is 0 Å². The molecular weight excluding hydrogens is 507 g/mol. The number of hydrogen-bond donors (Lipinski definition) is 2. The minimum absolute atomic E-state index is 0.0209. The van der Waals surface area contributed by atoms with Crippen molar-refractivity contribution in [3.8, 4) is 0 Å². The van der Waals surface area contributed by atoms with Gasteiger partial charge in [0.1, 0.15) is 11.6 Å². The lowest BCUT2D eigenvalue weighted by atomic mass is 9.78. The molecule has 1 atom stereocenters. The molecule has 1 aliphatic carbocycles. The number of aryl methyl sites for hydroxylation is 1. The molecule has 1 heterocycles. The van der Waals surface area contributed by atoms with E-state index in [2.05, 4.69) is 27.4 Å². The average molecular weight is 544 g/mol. The van der Waals surface area contributed by atoms with Gasteiger partial charge in [-0.1, -0.05) is 6.07 Å². The summed E-state index contributed by atoms with van der Waals surface area (Å²) in [5.74, 6) is 1.62. The number of alkyl halides is 3. The van der Waals surface area contributed by atoms with Crippen LogP contribution < -0.4 is 11.1 Å². The number of fused-ring (bicyclic) bond motifs is 1. The molecular formula is C29H36F3N5O2. The number of likely N-dealkylation sites (N-methyl/N-ethyl adjacent to an activating group) is 1. The Hall–Kier alpha value is -3.40. The fraction of sp³-hybridized carbons (Fsp3) is 0.483. The molecule has 0 spiro atoms. The lowest BCUT2D eigenvalue weighted by Gasteiger charge is -2.31. The molecule has 1 saturated carbocycles. The third-order valence-electron chi connectivity index (χ3n) is 7.54. The van der Waals surface area contributed by atoms with Crippen molar-refractivity contribution < 1.29 is 22.7 Å². The second-order valence-corrected chi connectivity index (χ2v) is 10.4. The fourth-order valence-electron chi connectivity index (χ4n) is 5.33. The number of nitrogens with two attached hydrogens (primary N) is 1. The Balaban J connectivity index is 1.54. The number of anilines is 2. The highest BCUT2D eigenvalue weighted by Crippen LogP contribution is 2.39. The van der Waals surface area contributed by atoms with Crippen LogP contribution >= 0.6 is 0 Å². The molecule has 0 radical (unpaired) electrons. The topological polar surface area (TPSA) is 93.4 Å². The van der Waals surface area contributed by atoms with Crippen molar-refractivity contribution in [1.29, 1.82) is 0 Å². The van der Waals surface area contributed by atoms with E-state index in [1.165, 1.54) is 0 Å². The van der Waals surface area contributed by atoms with Crippen LogP contribution in [0.25, 0.3) is 10.9 Å². The SMILES string of the molecule is COCCN(C)C(=O)C1CCC(c2ccc3nc(C)nc(N[C@H](C)c4cc(N)cc(C(F)(F)F)c4)c3c2)CC1. The predicted molar refractivity (Wildman–Crippen MR) is 146 cm³/mol. The van der Waals surface area contributed by atoms with E-state index in [4.69, 9.17) is 10.5 Å². The van der Waals surface area contributed by atoms with Crippen LogP contribution in [-0.2, 0) is 15.7 Å². The van der Waals surface area contributed by atoms with Crippen molar-refractivity contribution in [2.24, 2.45) is 5.92 Å². The highest BCUT2D eigenvalue weighted by molar-refractivity contribution is 5.90. The quantitative estimate of drug-likeness (QED) is 0.334. The van der Waals surface area contributed by atoms with E-state index in [0.717, 1.165) is 54.3 Å². The van der Waals surface area contributed by atoms with Gasteiger partial charge in [0.25, 0.3) is 0 Å². The van der Waals surface area contributed by atoms with Crippen molar-refractivity contribution in [3.63, 3.8) is 0 Å². The van der Waals surface area contributed by atoms with Gasteiger partial charge in [-0.2, -0.15) is 13.2 Å². The van der Waals surface area contributed by atoms with Crippen molar-refractivity contribution in [3.05, 3.63) is 58.9 Å². The predicted octanol–water partition coefficient (Wildman–Crippen LogP) is 6.09. The molecule has 1 fully saturated rings. The number of amides is 1. The van der Waals surface area contributed by atoms with Gasteiger partial charge in [0.2, 0.25) is 5.91 Å². The van der Waals surface area contributed by atoms with Crippen LogP contribution in [0.4, 0.5) is 24.7 Å². The lowest BCUT2D eigenvalue weighted by molar-refractivity contribution is -0.137. The first-order valence-electron chi connectivity index (χ1n) is 13.2. The average Bonchev–Trinajstić information content (AvgIpc) is 2.90. The van der Waals surface area contributed by atoms with Crippen LogP contribution in [-0.4, -0.2) is 48.1 Å². The molecule has 3 aromatic rings. The van der Waals surface area contributed by atoms with Gasteiger partial charge in [0.15, 0.2) is 0 Å². The van der Waals surface area contributed by atoms with Gasteiger partial charge < -0.3 is 20.7 Å². The zero-order chi connectivity index (χ0) is 28.3. The maximum absolute atomic E-state index is 13.4. The number of hydrogen-bond acceptors (Lipinski definition) is 6. The van der Waals surface area contributed by atoms with Crippen LogP contribution in [0.1, 0.15) is 67.1 Å². The van der Waals surface area contributed by atoms with Crippen LogP contribution in [0.15, 0.2) is 36.4 Å². The van der Waals surface area contributed by atoms with E-state index in [1.54, 1.807) is 31.9 Å². The van der Waals surface area contributed by atoms with E-state index in [-0.39, 0.29) is 17.5 Å². The standard InChI is InChI=1S/C29H36F3N5O2/c1-17(22-13-23(29(30,31)32)16-24(33)14-22)34-27-25-15-21(9-10-26(25)35-18(2)36-27)19-5-7-20(8-6-19)28(38)37(3)11-12-39-4/h9-10,13-17,19-20H,5-8,11-12,33H2,1-4H3,(H,34,35,36)/t17-,19?,20?/m1/s1. The number of nitrogens with one attached hydrogen (secondary N) is 1. The first-order valence-corrected chi connectivity index (χ1v) is 13.2. The molecule has 0 aliphatic heterocycles. The normalized spacial score (nSPS) is 18.6. The number of nitrogens with zero attached hydrogens (tertiary/aromatic N) is 3. The van der Waals surface area contributed by atoms with Gasteiger partial charge in [-0.05, 0) is 86.9 Å². The number of aromatic nitrogens is 2. The van der Waals surface area contributed by atoms with Crippen molar-refractivity contribution in [1.82, 2.24) is 14.9 Å². The first kappa shape index (κ1) is 28.6. The molecule has 0 saturated heterocycles. The zero-order valence-electron chi connectivity index (χ0n) is 22.8. The largest absolute Gasteiger partial charge is 0.416 e. The molecule has 4 rings (SSSR count). The lowest BCUT2D eigenvalue weighted by Crippen LogP contribution is -2.36. The van der Waals surface area contributed by atoms with Gasteiger partial charge in [0, 0.05) is 37.7 Å². The molecule has 10 heteroatoms. The van der Waals surface area contributed by atoms with E-state index in [9.17, 15) is 18.0 Å². The molecule has 1 aromatic heterocycles. The molecule has 0 unspecified atom stereocenters. The summed E-state index contributed by atoms with van der Waals surface area (Å²) in [6, 6.07) is 9.23. The molecule has 0 bridgehead atoms. The summed E-state index contributed by atoms with van der Waals surface area (Å²) in [4.78, 5) is 23.7. The summed E-state index contributed by atoms with van der Waals surface area (Å²) < 4.78 is 45.2. The number of carbonyl (C=O) groups is 1. The van der Waals surface area contributed by atoms with E-state index < -0.39 is 17.8 Å². The van der Waals surface area contributed by atoms with Crippen LogP contribution in [0.2, 0.25) is 0 Å². The smallest absolute Gasteiger partial charge is 0.399 e. The summed E-state index contributed by atoms with van der Waals surface area (Å²) in [5, 5.41) is 4.10. The number of carbonyl (C=O) groups excluding carboxylic acids is 1. The van der Waals surface area contributed by atoms with Gasteiger partial charge >= 0.3 is 6.18 Å². The third kappa shape index (κ3) is 6.79. The second-order valence-electron chi connectivity index (χ2n) is 10.4. The Morgan fingerprint density at radius 2 is 1.87 bits per heavy atom. The van der Waals surface area contributed by atoms with Gasteiger partial charge in [-0.15, -0.1) is 0 Å². The molecule has 7 nitrogen and oxygen atoms in total. The molecule has 3 N–H and O–H groups in total. The monoisotopic (exact) mass is 543 g/mol. The number of methoxy groups -OCH3 is 1. The van der Waals surface area contributed by atoms with Crippen LogP contribution in [0, 0.1) is 12.8 Å². The maximum atomic E-state index is 13.4.